The van der Waals surface area contributed by atoms with Gasteiger partial charge in [0.25, 0.3) is 10.1 Å². The average molecular weight is 179 g/mol. The quantitative estimate of drug-likeness (QED) is 0.526. The predicted molar refractivity (Wildman–Crippen MR) is 17.0 cm³/mol. The normalized spacial score (nSPS) is 10.0. The summed E-state index contributed by atoms with van der Waals surface area (Å²) in [5.41, 5.74) is 0. The average Bonchev–Trinajstić information content (AvgIpc) is 1.35. The van der Waals surface area contributed by atoms with Gasteiger partial charge in [0, 0.05) is 19.5 Å². The Morgan fingerprint density at radius 1 is 1.57 bits per heavy atom. The SMILES string of the molecule is CS(=O)(=O)OF.[Zn]. The van der Waals surface area contributed by atoms with Crippen LogP contribution >= 0.6 is 0 Å². The smallest absolute Gasteiger partial charge is 0.197 e. The first-order valence-electron chi connectivity index (χ1n) is 1.06. The molecule has 6 heteroatoms. The Bertz CT molecular complexity index is 117. The number of hydrogen-bond acceptors (Lipinski definition) is 3. The summed E-state index contributed by atoms with van der Waals surface area (Å²) in [7, 11) is -3.83. The molecule has 0 bridgehead atoms. The Hall–Kier alpha value is 0.463. The predicted octanol–water partition coefficient (Wildman–Crippen LogP) is -0.155. The third kappa shape index (κ3) is 10.7. The van der Waals surface area contributed by atoms with Crippen LogP contribution in [-0.2, 0) is 34.0 Å². The van der Waals surface area contributed by atoms with Crippen LogP contribution < -0.4 is 0 Å². The standard InChI is InChI=1S/CH3FO3S.Zn/c1-6(3,4)5-2;/h1H3;. The van der Waals surface area contributed by atoms with E-state index in [4.69, 9.17) is 0 Å². The molecule has 0 aromatic rings. The van der Waals surface area contributed by atoms with Crippen LogP contribution in [-0.4, -0.2) is 14.7 Å². The molecule has 0 amide bonds. The molecule has 0 fully saturated rings. The van der Waals surface area contributed by atoms with Crippen LogP contribution in [0.15, 0.2) is 0 Å². The summed E-state index contributed by atoms with van der Waals surface area (Å²) in [6.07, 6.45) is 0.618. The minimum Gasteiger partial charge on any atom is -0.197 e. The fraction of sp³-hybridized carbons (Fsp3) is 1.00. The molecule has 0 spiro atoms. The van der Waals surface area contributed by atoms with Gasteiger partial charge < -0.3 is 0 Å². The van der Waals surface area contributed by atoms with E-state index in [0.29, 0.717) is 6.26 Å². The van der Waals surface area contributed by atoms with Crippen molar-refractivity contribution in [3.63, 3.8) is 0 Å². The molecule has 7 heavy (non-hydrogen) atoms. The summed E-state index contributed by atoms with van der Waals surface area (Å²) in [6.45, 7) is 0. The van der Waals surface area contributed by atoms with E-state index in [0.717, 1.165) is 0 Å². The van der Waals surface area contributed by atoms with E-state index < -0.39 is 10.1 Å². The molecule has 0 radical (unpaired) electrons. The van der Waals surface area contributed by atoms with E-state index in [2.05, 4.69) is 4.39 Å². The number of hydrogen-bond donors (Lipinski definition) is 0. The van der Waals surface area contributed by atoms with Crippen molar-refractivity contribution in [2.45, 2.75) is 0 Å². The zero-order valence-electron chi connectivity index (χ0n) is 3.72. The van der Waals surface area contributed by atoms with E-state index in [1.54, 1.807) is 0 Å². The summed E-state index contributed by atoms with van der Waals surface area (Å²) in [6, 6.07) is 0. The molecule has 0 aliphatic carbocycles. The van der Waals surface area contributed by atoms with Crippen molar-refractivity contribution in [3.05, 3.63) is 0 Å². The molecule has 0 aromatic carbocycles. The van der Waals surface area contributed by atoms with Gasteiger partial charge in [0.2, 0.25) is 0 Å². The Kier molecular flexibility index (Phi) is 5.17. The van der Waals surface area contributed by atoms with Gasteiger partial charge in [0.05, 0.1) is 6.26 Å². The van der Waals surface area contributed by atoms with Gasteiger partial charge in [0.1, 0.15) is 0 Å². The van der Waals surface area contributed by atoms with E-state index >= 15 is 0 Å². The largest absolute Gasteiger partial charge is 0.295 e. The van der Waals surface area contributed by atoms with Gasteiger partial charge in [-0.15, -0.1) is 0 Å². The van der Waals surface area contributed by atoms with E-state index in [1.165, 1.54) is 0 Å². The summed E-state index contributed by atoms with van der Waals surface area (Å²) in [5.74, 6) is 0. The van der Waals surface area contributed by atoms with Gasteiger partial charge in [-0.05, 0) is 4.53 Å². The molecule has 0 atom stereocenters. The van der Waals surface area contributed by atoms with Gasteiger partial charge >= 0.3 is 0 Å². The molecule has 0 N–H and O–H groups in total. The summed E-state index contributed by atoms with van der Waals surface area (Å²) < 4.78 is 31.6. The third-order valence-corrected chi connectivity index (χ3v) is 0.343. The zero-order valence-corrected chi connectivity index (χ0v) is 7.50. The van der Waals surface area contributed by atoms with Crippen LogP contribution in [0.25, 0.3) is 0 Å². The van der Waals surface area contributed by atoms with Gasteiger partial charge in [-0.1, -0.05) is 4.39 Å². The molecule has 0 aromatic heterocycles. The summed E-state index contributed by atoms with van der Waals surface area (Å²) in [5, 5.41) is 0. The van der Waals surface area contributed by atoms with Crippen molar-refractivity contribution in [3.8, 4) is 0 Å². The second-order valence-corrected chi connectivity index (χ2v) is 2.30. The molecule has 0 saturated carbocycles. The van der Waals surface area contributed by atoms with Crippen LogP contribution in [0.4, 0.5) is 4.53 Å². The molecule has 0 heterocycles. The van der Waals surface area contributed by atoms with Crippen LogP contribution in [0.3, 0.4) is 0 Å². The summed E-state index contributed by atoms with van der Waals surface area (Å²) >= 11 is 0. The molecule has 0 unspecified atom stereocenters. The Morgan fingerprint density at radius 2 is 1.71 bits per heavy atom. The number of rotatable bonds is 1. The summed E-state index contributed by atoms with van der Waals surface area (Å²) in [4.78, 5) is 0. The molecule has 0 rings (SSSR count). The molecule has 0 aliphatic heterocycles. The second-order valence-electron chi connectivity index (χ2n) is 0.767. The minimum absolute atomic E-state index is 0. The van der Waals surface area contributed by atoms with E-state index in [9.17, 15) is 12.9 Å². The van der Waals surface area contributed by atoms with Crippen molar-refractivity contribution in [2.24, 2.45) is 0 Å². The van der Waals surface area contributed by atoms with Crippen LogP contribution in [0.2, 0.25) is 0 Å². The maximum atomic E-state index is 10.4. The Balaban J connectivity index is 0. The van der Waals surface area contributed by atoms with Crippen molar-refractivity contribution in [2.75, 3.05) is 6.26 Å². The first kappa shape index (κ1) is 10.4. The van der Waals surface area contributed by atoms with Gasteiger partial charge in [-0.25, -0.2) is 0 Å². The third-order valence-electron chi connectivity index (χ3n) is 0.114. The van der Waals surface area contributed by atoms with Crippen LogP contribution in [0, 0.1) is 0 Å². The van der Waals surface area contributed by atoms with Crippen LogP contribution in [0.1, 0.15) is 0 Å². The topological polar surface area (TPSA) is 43.4 Å². The van der Waals surface area contributed by atoms with Crippen LogP contribution in [0.5, 0.6) is 0 Å². The first-order valence-corrected chi connectivity index (χ1v) is 2.88. The number of halogens is 1. The molecular weight excluding hydrogens is 176 g/mol. The van der Waals surface area contributed by atoms with Gasteiger partial charge in [0.15, 0.2) is 0 Å². The van der Waals surface area contributed by atoms with E-state index in [1.807, 2.05) is 0 Å². The fourth-order valence-corrected chi connectivity index (χ4v) is 0. The zero-order chi connectivity index (χ0) is 5.21. The molecule has 40 valence electrons. The monoisotopic (exact) mass is 178 g/mol. The molecule has 3 nitrogen and oxygen atoms in total. The minimum atomic E-state index is -3.83. The Labute approximate surface area is 53.6 Å². The fourth-order valence-electron chi connectivity index (χ4n) is 0. The van der Waals surface area contributed by atoms with Crippen molar-refractivity contribution in [1.82, 2.24) is 0 Å². The molecule has 0 saturated heterocycles. The van der Waals surface area contributed by atoms with Gasteiger partial charge in [-0.3, -0.25) is 0 Å². The molecular formula is CH3FO3SZn. The maximum Gasteiger partial charge on any atom is 0.295 e. The first-order chi connectivity index (χ1) is 2.56. The second kappa shape index (κ2) is 3.46. The van der Waals surface area contributed by atoms with Crippen molar-refractivity contribution < 1.29 is 36.8 Å². The maximum absolute atomic E-state index is 10.4. The molecule has 0 aliphatic rings. The van der Waals surface area contributed by atoms with Crippen molar-refractivity contribution in [1.29, 1.82) is 0 Å². The van der Waals surface area contributed by atoms with Crippen molar-refractivity contribution >= 4 is 10.1 Å². The van der Waals surface area contributed by atoms with E-state index in [-0.39, 0.29) is 19.5 Å². The Morgan fingerprint density at radius 3 is 1.71 bits per heavy atom. The van der Waals surface area contributed by atoms with Gasteiger partial charge in [-0.2, -0.15) is 8.42 Å².